The van der Waals surface area contributed by atoms with Crippen LogP contribution in [0.4, 0.5) is 11.4 Å². The highest BCUT2D eigenvalue weighted by molar-refractivity contribution is 6.03. The molecule has 0 amide bonds. The molecule has 10 heteroatoms. The number of anilines is 2. The Balaban J connectivity index is 2.30. The van der Waals surface area contributed by atoms with Gasteiger partial charge in [-0.05, 0) is 24.3 Å². The van der Waals surface area contributed by atoms with Crippen molar-refractivity contribution in [1.29, 1.82) is 10.8 Å². The third kappa shape index (κ3) is 5.73. The lowest BCUT2D eigenvalue weighted by atomic mass is 10.2. The zero-order chi connectivity index (χ0) is 20.5. The average molecular weight is 380 g/mol. The van der Waals surface area contributed by atoms with Gasteiger partial charge in [-0.3, -0.25) is 10.8 Å². The van der Waals surface area contributed by atoms with Crippen molar-refractivity contribution < 1.29 is 0 Å². The van der Waals surface area contributed by atoms with Crippen LogP contribution in [0, 0.1) is 10.8 Å². The minimum atomic E-state index is -0.209. The van der Waals surface area contributed by atoms with E-state index in [1.165, 1.54) is 0 Å². The van der Waals surface area contributed by atoms with Crippen molar-refractivity contribution in [3.05, 3.63) is 60.7 Å². The molecule has 0 aliphatic rings. The Morgan fingerprint density at radius 1 is 0.643 bits per heavy atom. The largest absolute Gasteiger partial charge is 0.370 e. The molecule has 0 unspecified atom stereocenters. The van der Waals surface area contributed by atoms with Crippen molar-refractivity contribution >= 4 is 35.2 Å². The summed E-state index contributed by atoms with van der Waals surface area (Å²) >= 11 is 0. The van der Waals surface area contributed by atoms with Gasteiger partial charge in [0.25, 0.3) is 0 Å². The third-order valence-corrected chi connectivity index (χ3v) is 3.66. The second-order valence-corrected chi connectivity index (χ2v) is 5.69. The second kappa shape index (κ2) is 9.57. The van der Waals surface area contributed by atoms with E-state index in [0.717, 1.165) is 11.4 Å². The van der Waals surface area contributed by atoms with Gasteiger partial charge in [0.2, 0.25) is 11.9 Å². The van der Waals surface area contributed by atoms with Crippen molar-refractivity contribution in [2.75, 3.05) is 22.9 Å². The molecule has 0 spiro atoms. The second-order valence-electron chi connectivity index (χ2n) is 5.69. The first-order valence-corrected chi connectivity index (χ1v) is 8.40. The van der Waals surface area contributed by atoms with E-state index in [-0.39, 0.29) is 23.8 Å². The van der Waals surface area contributed by atoms with Crippen LogP contribution in [0.2, 0.25) is 0 Å². The summed E-state index contributed by atoms with van der Waals surface area (Å²) in [6.07, 6.45) is 0. The summed E-state index contributed by atoms with van der Waals surface area (Å²) < 4.78 is 0. The smallest absolute Gasteiger partial charge is 0.225 e. The van der Waals surface area contributed by atoms with E-state index >= 15 is 0 Å². The Morgan fingerprint density at radius 3 is 1.25 bits per heavy atom. The van der Waals surface area contributed by atoms with Gasteiger partial charge in [-0.2, -0.15) is 9.98 Å². The molecule has 2 aromatic carbocycles. The zero-order valence-electron chi connectivity index (χ0n) is 15.3. The number of nitrogens with two attached hydrogens (primary N) is 4. The number of para-hydroxylation sites is 2. The Kier molecular flexibility index (Phi) is 6.92. The maximum Gasteiger partial charge on any atom is 0.225 e. The normalized spacial score (nSPS) is 9.86. The van der Waals surface area contributed by atoms with Crippen LogP contribution in [0.1, 0.15) is 0 Å². The molecular formula is C18H24N10. The Hall–Kier alpha value is -4.08. The molecule has 10 N–H and O–H groups in total. The number of aliphatic imine (C=N–C) groups is 2. The summed E-state index contributed by atoms with van der Waals surface area (Å²) in [5.41, 5.74) is 23.2. The van der Waals surface area contributed by atoms with E-state index in [1.54, 1.807) is 9.80 Å². The summed E-state index contributed by atoms with van der Waals surface area (Å²) in [5, 5.41) is 16.4. The van der Waals surface area contributed by atoms with E-state index in [2.05, 4.69) is 9.98 Å². The summed E-state index contributed by atoms with van der Waals surface area (Å²) in [5.74, 6) is -0.654. The van der Waals surface area contributed by atoms with E-state index in [1.807, 2.05) is 60.7 Å². The summed E-state index contributed by atoms with van der Waals surface area (Å²) in [6, 6.07) is 18.5. The van der Waals surface area contributed by atoms with Gasteiger partial charge in [0.05, 0.1) is 0 Å². The van der Waals surface area contributed by atoms with E-state index in [9.17, 15) is 0 Å². The van der Waals surface area contributed by atoms with Crippen molar-refractivity contribution in [1.82, 2.24) is 0 Å². The summed E-state index contributed by atoms with van der Waals surface area (Å²) in [7, 11) is 0. The maximum absolute atomic E-state index is 8.22. The van der Waals surface area contributed by atoms with Crippen molar-refractivity contribution in [3.63, 3.8) is 0 Å². The standard InChI is InChI=1S/C18H24N10/c19-15(20)25-17(23)27(13-7-3-1-4-8-13)11-12-28(18(24)26-16(21)22)14-9-5-2-6-10-14/h1-10H,11-12H2,(H5,19,20,23,25)(H5,21,22,24,26). The molecule has 0 bridgehead atoms. The highest BCUT2D eigenvalue weighted by atomic mass is 15.3. The van der Waals surface area contributed by atoms with Crippen molar-refractivity contribution in [2.24, 2.45) is 32.9 Å². The van der Waals surface area contributed by atoms with E-state index < -0.39 is 0 Å². The molecule has 0 heterocycles. The fraction of sp³-hybridized carbons (Fsp3) is 0.111. The molecule has 0 saturated carbocycles. The SMILES string of the molecule is N=C(N=C(N)N)N(CCN(C(=N)N=C(N)N)c1ccccc1)c1ccccc1. The first-order valence-electron chi connectivity index (χ1n) is 8.40. The Labute approximate surface area is 163 Å². The Morgan fingerprint density at radius 2 is 0.964 bits per heavy atom. The van der Waals surface area contributed by atoms with Gasteiger partial charge >= 0.3 is 0 Å². The quantitative estimate of drug-likeness (QED) is 0.322. The molecule has 0 atom stereocenters. The molecule has 2 rings (SSSR count). The lowest BCUT2D eigenvalue weighted by Gasteiger charge is -2.28. The van der Waals surface area contributed by atoms with Crippen LogP contribution in [0.5, 0.6) is 0 Å². The minimum Gasteiger partial charge on any atom is -0.370 e. The fourth-order valence-electron chi connectivity index (χ4n) is 2.50. The molecule has 10 nitrogen and oxygen atoms in total. The highest BCUT2D eigenvalue weighted by Gasteiger charge is 2.17. The first-order chi connectivity index (χ1) is 13.4. The average Bonchev–Trinajstić information content (AvgIpc) is 2.65. The van der Waals surface area contributed by atoms with Crippen LogP contribution in [0.15, 0.2) is 70.6 Å². The van der Waals surface area contributed by atoms with Crippen LogP contribution in [0.3, 0.4) is 0 Å². The van der Waals surface area contributed by atoms with Gasteiger partial charge in [0.15, 0.2) is 11.9 Å². The van der Waals surface area contributed by atoms with Crippen LogP contribution in [-0.4, -0.2) is 36.9 Å². The fourth-order valence-corrected chi connectivity index (χ4v) is 2.50. The molecule has 0 aromatic heterocycles. The number of nitrogens with one attached hydrogen (secondary N) is 2. The van der Waals surface area contributed by atoms with Crippen molar-refractivity contribution in [2.45, 2.75) is 0 Å². The van der Waals surface area contributed by atoms with Crippen LogP contribution in [0.25, 0.3) is 0 Å². The van der Waals surface area contributed by atoms with Gasteiger partial charge < -0.3 is 32.7 Å². The van der Waals surface area contributed by atoms with E-state index in [0.29, 0.717) is 13.1 Å². The maximum atomic E-state index is 8.22. The first kappa shape index (κ1) is 20.2. The van der Waals surface area contributed by atoms with Crippen LogP contribution < -0.4 is 32.7 Å². The molecule has 0 saturated heterocycles. The Bertz CT molecular complexity index is 779. The van der Waals surface area contributed by atoms with E-state index in [4.69, 9.17) is 33.8 Å². The number of nitrogens with zero attached hydrogens (tertiary/aromatic N) is 4. The van der Waals surface area contributed by atoms with Crippen LogP contribution >= 0.6 is 0 Å². The van der Waals surface area contributed by atoms with Gasteiger partial charge in [0.1, 0.15) is 0 Å². The number of hydrogen-bond acceptors (Lipinski definition) is 2. The molecular weight excluding hydrogens is 356 g/mol. The highest BCUT2D eigenvalue weighted by Crippen LogP contribution is 2.17. The zero-order valence-corrected chi connectivity index (χ0v) is 15.3. The van der Waals surface area contributed by atoms with Gasteiger partial charge in [-0.1, -0.05) is 36.4 Å². The molecule has 2 aromatic rings. The molecule has 0 radical (unpaired) electrons. The predicted octanol–water partition coefficient (Wildman–Crippen LogP) is 0.416. The number of benzene rings is 2. The molecule has 28 heavy (non-hydrogen) atoms. The van der Waals surface area contributed by atoms with Crippen LogP contribution in [-0.2, 0) is 0 Å². The monoisotopic (exact) mass is 380 g/mol. The lowest BCUT2D eigenvalue weighted by Crippen LogP contribution is -2.42. The molecule has 146 valence electrons. The minimum absolute atomic E-state index is 0.118. The number of rotatable bonds is 5. The molecule has 0 aliphatic carbocycles. The molecule has 0 fully saturated rings. The number of hydrogen-bond donors (Lipinski definition) is 6. The third-order valence-electron chi connectivity index (χ3n) is 3.66. The summed E-state index contributed by atoms with van der Waals surface area (Å²) in [4.78, 5) is 10.9. The van der Waals surface area contributed by atoms with Gasteiger partial charge in [-0.25, -0.2) is 0 Å². The molecule has 0 aliphatic heterocycles. The summed E-state index contributed by atoms with van der Waals surface area (Å²) in [6.45, 7) is 0.605. The lowest BCUT2D eigenvalue weighted by molar-refractivity contribution is 0.898. The van der Waals surface area contributed by atoms with Gasteiger partial charge in [0, 0.05) is 24.5 Å². The van der Waals surface area contributed by atoms with Gasteiger partial charge in [-0.15, -0.1) is 0 Å². The topological polar surface area (TPSA) is 183 Å². The predicted molar refractivity (Wildman–Crippen MR) is 115 cm³/mol. The number of guanidine groups is 4. The van der Waals surface area contributed by atoms with Crippen molar-refractivity contribution in [3.8, 4) is 0 Å².